The Morgan fingerprint density at radius 1 is 1.06 bits per heavy atom. The molecule has 0 aromatic carbocycles. The lowest BCUT2D eigenvalue weighted by molar-refractivity contribution is -0.145. The van der Waals surface area contributed by atoms with E-state index in [2.05, 4.69) is 27.8 Å². The lowest BCUT2D eigenvalue weighted by Gasteiger charge is -2.45. The van der Waals surface area contributed by atoms with Crippen molar-refractivity contribution in [1.29, 1.82) is 0 Å². The van der Waals surface area contributed by atoms with Crippen molar-refractivity contribution in [3.8, 4) is 0 Å². The Hall–Kier alpha value is -3.00. The highest BCUT2D eigenvalue weighted by Crippen LogP contribution is 2.65. The number of piperidine rings is 1. The predicted octanol–water partition coefficient (Wildman–Crippen LogP) is 2.25. The molecule has 2 heterocycles. The number of likely N-dealkylation sites (tertiary alicyclic amines) is 1. The number of hydrogen-bond acceptors (Lipinski definition) is 8. The third-order valence-electron chi connectivity index (χ3n) is 11.2. The van der Waals surface area contributed by atoms with E-state index in [0.29, 0.717) is 25.8 Å². The van der Waals surface area contributed by atoms with Crippen molar-refractivity contribution in [1.82, 2.24) is 26.2 Å². The van der Waals surface area contributed by atoms with E-state index in [0.717, 1.165) is 25.7 Å². The molecular formula is C35H57N5O8S. The number of unbranched alkanes of at least 4 members (excludes halogenated alkanes) is 1. The quantitative estimate of drug-likeness (QED) is 0.166. The topological polar surface area (TPSA) is 180 Å². The maximum Gasteiger partial charge on any atom is 0.315 e. The minimum absolute atomic E-state index is 0.00500. The number of urea groups is 1. The maximum absolute atomic E-state index is 14.5. The highest BCUT2D eigenvalue weighted by Gasteiger charge is 2.70. The van der Waals surface area contributed by atoms with Gasteiger partial charge in [0.2, 0.25) is 17.6 Å². The molecule has 4 aliphatic rings. The second-order valence-corrected chi connectivity index (χ2v) is 18.3. The minimum atomic E-state index is -3.52. The summed E-state index contributed by atoms with van der Waals surface area (Å²) in [5, 5.41) is 10.3. The van der Waals surface area contributed by atoms with Crippen LogP contribution in [0, 0.1) is 22.7 Å². The number of nitrogens with zero attached hydrogens (tertiary/aromatic N) is 1. The molecule has 0 bridgehead atoms. The number of fused-ring (bicyclic) bond motifs is 1. The molecule has 2 saturated carbocycles. The van der Waals surface area contributed by atoms with E-state index in [9.17, 15) is 32.4 Å². The average Bonchev–Trinajstić information content (AvgIpc) is 3.33. The summed E-state index contributed by atoms with van der Waals surface area (Å²) in [5.74, 6) is -2.72. The molecule has 0 radical (unpaired) electrons. The summed E-state index contributed by atoms with van der Waals surface area (Å²) in [5.41, 5.74) is -2.01. The number of sulfone groups is 1. The summed E-state index contributed by atoms with van der Waals surface area (Å²) in [4.78, 5) is 69.5. The number of ketones is 1. The second-order valence-electron chi connectivity index (χ2n) is 16.0. The Labute approximate surface area is 291 Å². The first kappa shape index (κ1) is 38.8. The normalized spacial score (nSPS) is 27.8. The van der Waals surface area contributed by atoms with Gasteiger partial charge in [-0.2, -0.15) is 0 Å². The number of Topliss-reactive ketones (excluding diaryl/α,β-unsaturated/α-hetero) is 1. The second kappa shape index (κ2) is 15.1. The van der Waals surface area contributed by atoms with Gasteiger partial charge in [-0.15, -0.1) is 6.58 Å². The van der Waals surface area contributed by atoms with Gasteiger partial charge >= 0.3 is 6.03 Å². The lowest BCUT2D eigenvalue weighted by Crippen LogP contribution is -2.67. The van der Waals surface area contributed by atoms with Crippen molar-refractivity contribution in [2.45, 2.75) is 122 Å². The molecule has 0 spiro atoms. The number of nitrogens with one attached hydrogen (secondary N) is 4. The third-order valence-corrected chi connectivity index (χ3v) is 13.4. The van der Waals surface area contributed by atoms with Crippen LogP contribution in [0.2, 0.25) is 0 Å². The first-order chi connectivity index (χ1) is 22.9. The van der Waals surface area contributed by atoms with Crippen LogP contribution in [0.25, 0.3) is 0 Å². The molecule has 276 valence electrons. The van der Waals surface area contributed by atoms with Gasteiger partial charge in [-0.25, -0.2) is 13.2 Å². The Morgan fingerprint density at radius 2 is 1.73 bits per heavy atom. The van der Waals surface area contributed by atoms with Crippen molar-refractivity contribution < 1.29 is 37.1 Å². The fourth-order valence-corrected chi connectivity index (χ4v) is 10.1. The minimum Gasteiger partial charge on any atom is -0.379 e. The van der Waals surface area contributed by atoms with Gasteiger partial charge < -0.3 is 30.9 Å². The SMILES string of the molecule is C=CCNC(=O)C(=O)C(CCCC)NC(=O)[C@@H]1C2C(CN1C(=O)[C@@H](NC(=O)NC1(C3COCCS3(=O)=O)CCCCC1)C(C)(C)C)C2(C)C. The summed E-state index contributed by atoms with van der Waals surface area (Å²) in [6.07, 6.45) is 6.52. The Morgan fingerprint density at radius 3 is 2.33 bits per heavy atom. The molecule has 2 aliphatic heterocycles. The molecule has 4 rings (SSSR count). The van der Waals surface area contributed by atoms with Gasteiger partial charge in [-0.3, -0.25) is 19.2 Å². The zero-order valence-corrected chi connectivity index (χ0v) is 30.9. The van der Waals surface area contributed by atoms with Gasteiger partial charge in [-0.05, 0) is 41.9 Å². The van der Waals surface area contributed by atoms with Gasteiger partial charge in [0.05, 0.1) is 30.5 Å². The maximum atomic E-state index is 14.5. The third kappa shape index (κ3) is 8.32. The van der Waals surface area contributed by atoms with Gasteiger partial charge in [-0.1, -0.05) is 79.7 Å². The molecule has 0 aromatic heterocycles. The number of ether oxygens (including phenoxy) is 1. The first-order valence-electron chi connectivity index (χ1n) is 17.8. The molecule has 0 aromatic rings. The van der Waals surface area contributed by atoms with E-state index in [-0.39, 0.29) is 49.2 Å². The van der Waals surface area contributed by atoms with E-state index in [1.54, 1.807) is 0 Å². The molecule has 49 heavy (non-hydrogen) atoms. The van der Waals surface area contributed by atoms with Crippen molar-refractivity contribution in [3.05, 3.63) is 12.7 Å². The van der Waals surface area contributed by atoms with Gasteiger partial charge in [0.25, 0.3) is 5.91 Å². The number of amides is 5. The molecular weight excluding hydrogens is 650 g/mol. The van der Waals surface area contributed by atoms with E-state index in [1.165, 1.54) is 11.0 Å². The van der Waals surface area contributed by atoms with Crippen LogP contribution in [0.1, 0.15) is 92.9 Å². The monoisotopic (exact) mass is 707 g/mol. The summed E-state index contributed by atoms with van der Waals surface area (Å²) in [7, 11) is -3.52. The van der Waals surface area contributed by atoms with E-state index < -0.39 is 73.7 Å². The van der Waals surface area contributed by atoms with Crippen LogP contribution in [-0.2, 0) is 33.8 Å². The van der Waals surface area contributed by atoms with Gasteiger partial charge in [0.1, 0.15) is 17.3 Å². The van der Waals surface area contributed by atoms with Crippen molar-refractivity contribution in [2.75, 3.05) is 32.1 Å². The molecule has 6 atom stereocenters. The molecule has 14 heteroatoms. The first-order valence-corrected chi connectivity index (χ1v) is 19.5. The number of rotatable bonds is 13. The largest absolute Gasteiger partial charge is 0.379 e. The number of carbonyl (C=O) groups excluding carboxylic acids is 5. The Balaban J connectivity index is 1.56. The highest BCUT2D eigenvalue weighted by atomic mass is 32.2. The Kier molecular flexibility index (Phi) is 11.9. The molecule has 4 N–H and O–H groups in total. The zero-order valence-electron chi connectivity index (χ0n) is 30.1. The smallest absolute Gasteiger partial charge is 0.315 e. The van der Waals surface area contributed by atoms with E-state index in [4.69, 9.17) is 4.74 Å². The number of hydrogen-bond donors (Lipinski definition) is 4. The van der Waals surface area contributed by atoms with Crippen LogP contribution in [0.4, 0.5) is 4.79 Å². The summed E-state index contributed by atoms with van der Waals surface area (Å²) in [6.45, 7) is 15.6. The lowest BCUT2D eigenvalue weighted by atomic mass is 9.79. The van der Waals surface area contributed by atoms with Crippen molar-refractivity contribution in [3.63, 3.8) is 0 Å². The van der Waals surface area contributed by atoms with E-state index >= 15 is 0 Å². The molecule has 13 nitrogen and oxygen atoms in total. The van der Waals surface area contributed by atoms with E-state index in [1.807, 2.05) is 41.5 Å². The summed E-state index contributed by atoms with van der Waals surface area (Å²) < 4.78 is 31.9. The number of carbonyl (C=O) groups is 5. The average molecular weight is 708 g/mol. The van der Waals surface area contributed by atoms with Crippen LogP contribution in [-0.4, -0.2) is 104 Å². The van der Waals surface area contributed by atoms with Crippen LogP contribution < -0.4 is 21.3 Å². The van der Waals surface area contributed by atoms with Crippen LogP contribution in [0.5, 0.6) is 0 Å². The van der Waals surface area contributed by atoms with Crippen molar-refractivity contribution >= 4 is 39.4 Å². The van der Waals surface area contributed by atoms with Crippen LogP contribution in [0.15, 0.2) is 12.7 Å². The molecule has 4 fully saturated rings. The standard InChI is InChI=1S/C35H57N5O8S/c1-8-10-14-23(27(41)30(43)36-17-9-2)37-29(42)26-25-22(34(25,6)7)20-40(26)31(44)28(33(3,4)5)38-32(45)39-35(15-12-11-13-16-35)24-21-48-18-19-49(24,46)47/h9,22-26,28H,2,8,10-21H2,1,3-7H3,(H,36,43)(H,37,42)(H2,38,39,45)/t22?,23?,24?,25?,26-,28+/m0/s1. The summed E-state index contributed by atoms with van der Waals surface area (Å²) in [6, 6.07) is -3.64. The fraction of sp³-hybridized carbons (Fsp3) is 0.800. The molecule has 5 amide bonds. The highest BCUT2D eigenvalue weighted by molar-refractivity contribution is 7.92. The van der Waals surface area contributed by atoms with Crippen LogP contribution in [0.3, 0.4) is 0 Å². The Bertz CT molecular complexity index is 1400. The molecule has 2 aliphatic carbocycles. The van der Waals surface area contributed by atoms with Crippen LogP contribution >= 0.6 is 0 Å². The van der Waals surface area contributed by atoms with Gasteiger partial charge in [0, 0.05) is 13.1 Å². The van der Waals surface area contributed by atoms with Gasteiger partial charge in [0.15, 0.2) is 9.84 Å². The molecule has 4 unspecified atom stereocenters. The molecule has 2 saturated heterocycles. The van der Waals surface area contributed by atoms with Crippen molar-refractivity contribution in [2.24, 2.45) is 22.7 Å². The summed E-state index contributed by atoms with van der Waals surface area (Å²) >= 11 is 0. The fourth-order valence-electron chi connectivity index (χ4n) is 8.19. The zero-order chi connectivity index (χ0) is 36.4. The predicted molar refractivity (Wildman–Crippen MR) is 185 cm³/mol.